The molecule has 1 fully saturated rings. The zero-order chi connectivity index (χ0) is 16.7. The van der Waals surface area contributed by atoms with Crippen LogP contribution >= 0.6 is 12.4 Å². The number of rotatable bonds is 6. The summed E-state index contributed by atoms with van der Waals surface area (Å²) in [5, 5.41) is 6.50. The van der Waals surface area contributed by atoms with E-state index in [0.29, 0.717) is 23.8 Å². The Morgan fingerprint density at radius 3 is 2.38 bits per heavy atom. The summed E-state index contributed by atoms with van der Waals surface area (Å²) in [5.74, 6) is 1.71. The highest BCUT2D eigenvalue weighted by Gasteiger charge is 2.17. The second kappa shape index (κ2) is 10.2. The van der Waals surface area contributed by atoms with Crippen LogP contribution in [0.25, 0.3) is 6.08 Å². The van der Waals surface area contributed by atoms with Crippen LogP contribution < -0.4 is 24.8 Å². The molecule has 0 aromatic heterocycles. The lowest BCUT2D eigenvalue weighted by Crippen LogP contribution is -2.41. The number of ketones is 1. The van der Waals surface area contributed by atoms with Gasteiger partial charge in [-0.05, 0) is 43.3 Å². The van der Waals surface area contributed by atoms with Crippen molar-refractivity contribution in [1.82, 2.24) is 10.6 Å². The minimum Gasteiger partial charge on any atom is -0.493 e. The molecule has 1 atom stereocenters. The number of methoxy groups -OCH3 is 3. The van der Waals surface area contributed by atoms with Crippen molar-refractivity contribution in [2.75, 3.05) is 41.0 Å². The van der Waals surface area contributed by atoms with Crippen molar-refractivity contribution in [1.29, 1.82) is 0 Å². The predicted octanol–water partition coefficient (Wildman–Crippen LogP) is 1.67. The Kier molecular flexibility index (Phi) is 8.60. The third-order valence-electron chi connectivity index (χ3n) is 3.74. The summed E-state index contributed by atoms with van der Waals surface area (Å²) >= 11 is 0. The molecule has 6 nitrogen and oxygen atoms in total. The Bertz CT molecular complexity index is 545. The first-order valence-corrected chi connectivity index (χ1v) is 7.65. The molecule has 1 heterocycles. The van der Waals surface area contributed by atoms with Gasteiger partial charge in [0.2, 0.25) is 5.75 Å². The number of ether oxygens (including phenoxy) is 3. The van der Waals surface area contributed by atoms with Gasteiger partial charge >= 0.3 is 0 Å². The molecule has 0 radical (unpaired) electrons. The van der Waals surface area contributed by atoms with Crippen LogP contribution in [-0.4, -0.2) is 52.8 Å². The topological polar surface area (TPSA) is 68.8 Å². The lowest BCUT2D eigenvalue weighted by Gasteiger charge is -2.13. The fourth-order valence-corrected chi connectivity index (χ4v) is 2.50. The second-order valence-electron chi connectivity index (χ2n) is 5.26. The molecule has 1 aromatic carbocycles. The Hall–Kier alpha value is -1.76. The fourth-order valence-electron chi connectivity index (χ4n) is 2.50. The van der Waals surface area contributed by atoms with Gasteiger partial charge in [-0.3, -0.25) is 4.79 Å². The molecule has 2 N–H and O–H groups in total. The lowest BCUT2D eigenvalue weighted by molar-refractivity contribution is -0.116. The van der Waals surface area contributed by atoms with E-state index in [2.05, 4.69) is 10.6 Å². The number of hydrogen-bond acceptors (Lipinski definition) is 6. The maximum Gasteiger partial charge on any atom is 0.203 e. The molecule has 2 rings (SSSR count). The van der Waals surface area contributed by atoms with Crippen molar-refractivity contribution >= 4 is 24.3 Å². The minimum absolute atomic E-state index is 0. The molecule has 0 aliphatic carbocycles. The molecule has 24 heavy (non-hydrogen) atoms. The summed E-state index contributed by atoms with van der Waals surface area (Å²) in [6, 6.07) is 3.43. The quantitative estimate of drug-likeness (QED) is 0.756. The second-order valence-corrected chi connectivity index (χ2v) is 5.26. The van der Waals surface area contributed by atoms with E-state index in [0.717, 1.165) is 25.1 Å². The molecule has 1 aromatic rings. The van der Waals surface area contributed by atoms with E-state index in [1.807, 2.05) is 12.1 Å². The largest absolute Gasteiger partial charge is 0.493 e. The molecule has 1 aliphatic heterocycles. The molecule has 7 heteroatoms. The van der Waals surface area contributed by atoms with Crippen molar-refractivity contribution < 1.29 is 19.0 Å². The maximum absolute atomic E-state index is 12.3. The average molecular weight is 357 g/mol. The van der Waals surface area contributed by atoms with Crippen molar-refractivity contribution in [3.05, 3.63) is 23.8 Å². The van der Waals surface area contributed by atoms with Crippen LogP contribution in [0.3, 0.4) is 0 Å². The van der Waals surface area contributed by atoms with Gasteiger partial charge in [0, 0.05) is 6.54 Å². The Balaban J connectivity index is 0.00000288. The highest BCUT2D eigenvalue weighted by atomic mass is 35.5. The van der Waals surface area contributed by atoms with Gasteiger partial charge in [0.15, 0.2) is 17.3 Å². The summed E-state index contributed by atoms with van der Waals surface area (Å²) in [6.45, 7) is 2.44. The first-order chi connectivity index (χ1) is 11.2. The van der Waals surface area contributed by atoms with E-state index in [1.165, 1.54) is 0 Å². The van der Waals surface area contributed by atoms with Crippen LogP contribution in [-0.2, 0) is 4.79 Å². The van der Waals surface area contributed by atoms with Crippen LogP contribution in [0.2, 0.25) is 0 Å². The van der Waals surface area contributed by atoms with E-state index in [-0.39, 0.29) is 24.2 Å². The standard InChI is InChI=1S/C17H24N2O4.ClH/c1-21-15-9-12(10-16(22-2)17(15)23-3)5-6-14(20)13-11-18-7-4-8-19-13;/h5-6,9-10,13,18-19H,4,7-8,11H2,1-3H3;1H/b6-5+;. The number of benzene rings is 1. The van der Waals surface area contributed by atoms with E-state index >= 15 is 0 Å². The highest BCUT2D eigenvalue weighted by Crippen LogP contribution is 2.38. The Labute approximate surface area is 149 Å². The van der Waals surface area contributed by atoms with E-state index in [9.17, 15) is 4.79 Å². The summed E-state index contributed by atoms with van der Waals surface area (Å²) in [6.07, 6.45) is 4.38. The fraction of sp³-hybridized carbons (Fsp3) is 0.471. The van der Waals surface area contributed by atoms with Gasteiger partial charge in [0.05, 0.1) is 27.4 Å². The molecule has 0 amide bonds. The number of carbonyl (C=O) groups is 1. The molecule has 0 spiro atoms. The normalized spacial score (nSPS) is 17.7. The Morgan fingerprint density at radius 1 is 1.12 bits per heavy atom. The molecule has 134 valence electrons. The smallest absolute Gasteiger partial charge is 0.203 e. The summed E-state index contributed by atoms with van der Waals surface area (Å²) in [5.41, 5.74) is 0.814. The van der Waals surface area contributed by atoms with Crippen LogP contribution in [0, 0.1) is 0 Å². The summed E-state index contributed by atoms with van der Waals surface area (Å²) in [4.78, 5) is 12.3. The first-order valence-electron chi connectivity index (χ1n) is 7.65. The van der Waals surface area contributed by atoms with Crippen LogP contribution in [0.1, 0.15) is 12.0 Å². The number of hydrogen-bond donors (Lipinski definition) is 2. The molecule has 1 saturated heterocycles. The van der Waals surface area contributed by atoms with E-state index < -0.39 is 0 Å². The molecular weight excluding hydrogens is 332 g/mol. The van der Waals surface area contributed by atoms with Crippen molar-refractivity contribution in [2.24, 2.45) is 0 Å². The van der Waals surface area contributed by atoms with Gasteiger partial charge in [-0.1, -0.05) is 6.08 Å². The van der Waals surface area contributed by atoms with Gasteiger partial charge in [0.25, 0.3) is 0 Å². The summed E-state index contributed by atoms with van der Waals surface area (Å²) in [7, 11) is 4.69. The maximum atomic E-state index is 12.3. The zero-order valence-corrected chi connectivity index (χ0v) is 15.1. The van der Waals surface area contributed by atoms with Gasteiger partial charge in [-0.2, -0.15) is 0 Å². The number of carbonyl (C=O) groups excluding carboxylic acids is 1. The van der Waals surface area contributed by atoms with Gasteiger partial charge < -0.3 is 24.8 Å². The minimum atomic E-state index is -0.184. The first kappa shape index (κ1) is 20.3. The third-order valence-corrected chi connectivity index (χ3v) is 3.74. The van der Waals surface area contributed by atoms with Crippen molar-refractivity contribution in [3.8, 4) is 17.2 Å². The third kappa shape index (κ3) is 5.12. The SMILES string of the molecule is COc1cc(/C=C/C(=O)C2CNCCCN2)cc(OC)c1OC.Cl. The zero-order valence-electron chi connectivity index (χ0n) is 14.3. The molecule has 0 saturated carbocycles. The van der Waals surface area contributed by atoms with Crippen LogP contribution in [0.15, 0.2) is 18.2 Å². The highest BCUT2D eigenvalue weighted by molar-refractivity contribution is 5.98. The average Bonchev–Trinajstić information content (AvgIpc) is 2.87. The predicted molar refractivity (Wildman–Crippen MR) is 96.7 cm³/mol. The lowest BCUT2D eigenvalue weighted by atomic mass is 10.1. The van der Waals surface area contributed by atoms with Crippen molar-refractivity contribution in [3.63, 3.8) is 0 Å². The van der Waals surface area contributed by atoms with Gasteiger partial charge in [0.1, 0.15) is 0 Å². The van der Waals surface area contributed by atoms with E-state index in [1.54, 1.807) is 33.5 Å². The van der Waals surface area contributed by atoms with Gasteiger partial charge in [-0.15, -0.1) is 12.4 Å². The Morgan fingerprint density at radius 2 is 1.79 bits per heavy atom. The number of halogens is 1. The molecule has 1 aliphatic rings. The molecule has 1 unspecified atom stereocenters. The molecular formula is C17H25ClN2O4. The van der Waals surface area contributed by atoms with Crippen LogP contribution in [0.5, 0.6) is 17.2 Å². The monoisotopic (exact) mass is 356 g/mol. The molecule has 0 bridgehead atoms. The van der Waals surface area contributed by atoms with Crippen LogP contribution in [0.4, 0.5) is 0 Å². The van der Waals surface area contributed by atoms with E-state index in [4.69, 9.17) is 14.2 Å². The van der Waals surface area contributed by atoms with Gasteiger partial charge in [-0.25, -0.2) is 0 Å². The number of nitrogens with one attached hydrogen (secondary N) is 2. The summed E-state index contributed by atoms with van der Waals surface area (Å²) < 4.78 is 15.9. The van der Waals surface area contributed by atoms with Crippen molar-refractivity contribution in [2.45, 2.75) is 12.5 Å².